The number of aromatic nitrogens is 3. The maximum Gasteiger partial charge on any atom is 0.302 e. The first-order valence-electron chi connectivity index (χ1n) is 10.0. The number of rotatable bonds is 5. The summed E-state index contributed by atoms with van der Waals surface area (Å²) in [4.78, 5) is 35.9. The third-order valence-electron chi connectivity index (χ3n) is 5.48. The minimum absolute atomic E-state index is 0.0409. The number of fused-ring (bicyclic) bond motifs is 1. The molecule has 0 bridgehead atoms. The minimum atomic E-state index is -3.25. The lowest BCUT2D eigenvalue weighted by Gasteiger charge is -2.25. The number of carbonyl (C=O) groups is 1. The molecule has 1 fully saturated rings. The molecule has 31 heavy (non-hydrogen) atoms. The average molecular weight is 448 g/mol. The molecule has 1 saturated heterocycles. The quantitative estimate of drug-likeness (QED) is 0.649. The number of amides is 1. The van der Waals surface area contributed by atoms with E-state index in [1.165, 1.54) is 7.05 Å². The number of hydrogen-bond acceptors (Lipinski definition) is 6. The fourth-order valence-electron chi connectivity index (χ4n) is 3.86. The average Bonchev–Trinajstić information content (AvgIpc) is 3.37. The Morgan fingerprint density at radius 2 is 2.00 bits per heavy atom. The molecule has 0 radical (unpaired) electrons. The van der Waals surface area contributed by atoms with E-state index in [4.69, 9.17) is 0 Å². The number of anilines is 1. The largest absolute Gasteiger partial charge is 0.348 e. The van der Waals surface area contributed by atoms with E-state index < -0.39 is 23.3 Å². The van der Waals surface area contributed by atoms with Gasteiger partial charge in [0.25, 0.3) is 5.56 Å². The van der Waals surface area contributed by atoms with Crippen molar-refractivity contribution in [2.24, 2.45) is 7.05 Å². The molecule has 0 spiro atoms. The fourth-order valence-corrected chi connectivity index (χ4v) is 4.87. The lowest BCUT2D eigenvalue weighted by molar-refractivity contribution is -0.122. The van der Waals surface area contributed by atoms with E-state index >= 15 is 0 Å². The number of alkyl halides is 2. The van der Waals surface area contributed by atoms with Crippen LogP contribution in [0.3, 0.4) is 0 Å². The van der Waals surface area contributed by atoms with Crippen molar-refractivity contribution < 1.29 is 13.6 Å². The molecule has 1 amide bonds. The summed E-state index contributed by atoms with van der Waals surface area (Å²) in [5, 5.41) is 3.48. The highest BCUT2D eigenvalue weighted by Gasteiger charge is 2.35. The normalized spacial score (nSPS) is 17.8. The molecule has 1 aliphatic rings. The van der Waals surface area contributed by atoms with Crippen molar-refractivity contribution in [3.8, 4) is 0 Å². The van der Waals surface area contributed by atoms with Gasteiger partial charge in [-0.2, -0.15) is 8.78 Å². The molecule has 0 saturated carbocycles. The van der Waals surface area contributed by atoms with Crippen molar-refractivity contribution in [1.29, 1.82) is 0 Å². The van der Waals surface area contributed by atoms with Gasteiger partial charge in [-0.1, -0.05) is 41.7 Å². The topological polar surface area (TPSA) is 80.1 Å². The highest BCUT2D eigenvalue weighted by atomic mass is 32.1. The second kappa shape index (κ2) is 7.99. The van der Waals surface area contributed by atoms with Crippen LogP contribution >= 0.6 is 11.3 Å². The van der Waals surface area contributed by atoms with E-state index in [0.717, 1.165) is 27.9 Å². The van der Waals surface area contributed by atoms with Crippen LogP contribution in [0.15, 0.2) is 35.1 Å². The molecule has 0 aliphatic carbocycles. The first kappa shape index (κ1) is 21.4. The predicted molar refractivity (Wildman–Crippen MR) is 116 cm³/mol. The molecule has 10 heteroatoms. The van der Waals surface area contributed by atoms with Crippen molar-refractivity contribution in [2.45, 2.75) is 44.7 Å². The molecule has 1 aromatic carbocycles. The van der Waals surface area contributed by atoms with Crippen LogP contribution in [-0.4, -0.2) is 33.0 Å². The van der Waals surface area contributed by atoms with Crippen molar-refractivity contribution >= 4 is 32.7 Å². The van der Waals surface area contributed by atoms with E-state index in [-0.39, 0.29) is 22.3 Å². The summed E-state index contributed by atoms with van der Waals surface area (Å²) >= 11 is 1.06. The number of nitrogens with one attached hydrogen (secondary N) is 1. The second-order valence-corrected chi connectivity index (χ2v) is 8.79. The van der Waals surface area contributed by atoms with Crippen LogP contribution in [0.25, 0.3) is 10.3 Å². The second-order valence-electron chi connectivity index (χ2n) is 7.83. The summed E-state index contributed by atoms with van der Waals surface area (Å²) in [6.07, 6.45) is 1.43. The van der Waals surface area contributed by atoms with Gasteiger partial charge in [0.1, 0.15) is 6.04 Å². The summed E-state index contributed by atoms with van der Waals surface area (Å²) in [7, 11) is 1.26. The van der Waals surface area contributed by atoms with E-state index in [2.05, 4.69) is 15.3 Å². The van der Waals surface area contributed by atoms with Crippen LogP contribution in [-0.2, 0) is 17.8 Å². The number of nitrogens with zero attached hydrogens (tertiary/aromatic N) is 4. The molecule has 1 aliphatic heterocycles. The molecular formula is C21H23F2N5O2S. The van der Waals surface area contributed by atoms with Crippen LogP contribution in [0.2, 0.25) is 0 Å². The summed E-state index contributed by atoms with van der Waals surface area (Å²) in [6.45, 7) is 3.22. The van der Waals surface area contributed by atoms with Crippen LogP contribution < -0.4 is 15.8 Å². The highest BCUT2D eigenvalue weighted by molar-refractivity contribution is 7.21. The standard InChI is InChI=1S/C21H23F2N5O2S/c1-12(13-8-5-4-6-9-13)24-16(29)14-10-7-11-28(14)20-25-15-17(31-20)26-19(21(2,22)23)27(3)18(15)30/h4-6,8-9,12,14H,7,10-11H2,1-3H3,(H,24,29)/t12-,14-/m1/s1. The number of benzene rings is 1. The van der Waals surface area contributed by atoms with Crippen LogP contribution in [0.5, 0.6) is 0 Å². The van der Waals surface area contributed by atoms with E-state index in [9.17, 15) is 18.4 Å². The number of halogens is 2. The molecule has 3 aromatic rings. The Morgan fingerprint density at radius 1 is 1.29 bits per heavy atom. The van der Waals surface area contributed by atoms with Gasteiger partial charge < -0.3 is 10.2 Å². The van der Waals surface area contributed by atoms with Gasteiger partial charge in [-0.25, -0.2) is 9.97 Å². The van der Waals surface area contributed by atoms with Crippen LogP contribution in [0.1, 0.15) is 44.1 Å². The molecular weight excluding hydrogens is 424 g/mol. The Hall–Kier alpha value is -2.88. The first-order valence-corrected chi connectivity index (χ1v) is 10.9. The number of thiazole rings is 1. The molecule has 2 atom stereocenters. The van der Waals surface area contributed by atoms with Gasteiger partial charge in [0.2, 0.25) is 5.91 Å². The molecule has 7 nitrogen and oxygen atoms in total. The van der Waals surface area contributed by atoms with Gasteiger partial charge in [-0.3, -0.25) is 14.2 Å². The summed E-state index contributed by atoms with van der Waals surface area (Å²) in [5.74, 6) is -3.99. The zero-order chi connectivity index (χ0) is 22.3. The molecule has 164 valence electrons. The molecule has 2 aromatic heterocycles. The van der Waals surface area contributed by atoms with Crippen molar-refractivity contribution in [3.05, 3.63) is 52.1 Å². The maximum absolute atomic E-state index is 13.9. The third-order valence-corrected chi connectivity index (χ3v) is 6.47. The number of hydrogen-bond donors (Lipinski definition) is 1. The van der Waals surface area contributed by atoms with E-state index in [1.807, 2.05) is 42.2 Å². The van der Waals surface area contributed by atoms with Crippen molar-refractivity contribution in [3.63, 3.8) is 0 Å². The summed E-state index contributed by atoms with van der Waals surface area (Å²) in [5.41, 5.74) is 0.419. The van der Waals surface area contributed by atoms with E-state index in [1.54, 1.807) is 0 Å². The lowest BCUT2D eigenvalue weighted by Crippen LogP contribution is -2.44. The monoisotopic (exact) mass is 447 g/mol. The maximum atomic E-state index is 13.9. The Bertz CT molecular complexity index is 1170. The van der Waals surface area contributed by atoms with Gasteiger partial charge in [0.15, 0.2) is 21.3 Å². The molecule has 4 rings (SSSR count). The number of carbonyl (C=O) groups excluding carboxylic acids is 1. The predicted octanol–water partition coefficient (Wildman–Crippen LogP) is 3.35. The van der Waals surface area contributed by atoms with Gasteiger partial charge in [0.05, 0.1) is 6.04 Å². The SMILES string of the molecule is C[C@@H](NC(=O)[C@H]1CCCN1c1nc2c(=O)n(C)c(C(C)(F)F)nc2s1)c1ccccc1. The highest BCUT2D eigenvalue weighted by Crippen LogP contribution is 2.33. The van der Waals surface area contributed by atoms with Crippen LogP contribution in [0, 0.1) is 0 Å². The lowest BCUT2D eigenvalue weighted by atomic mass is 10.1. The minimum Gasteiger partial charge on any atom is -0.348 e. The Balaban J connectivity index is 1.62. The van der Waals surface area contributed by atoms with Gasteiger partial charge >= 0.3 is 5.92 Å². The van der Waals surface area contributed by atoms with Crippen molar-refractivity contribution in [2.75, 3.05) is 11.4 Å². The van der Waals surface area contributed by atoms with Gasteiger partial charge in [-0.05, 0) is 25.3 Å². The zero-order valence-electron chi connectivity index (χ0n) is 17.4. The Kier molecular flexibility index (Phi) is 5.50. The van der Waals surface area contributed by atoms with E-state index in [0.29, 0.717) is 25.0 Å². The first-order chi connectivity index (χ1) is 14.7. The smallest absolute Gasteiger partial charge is 0.302 e. The molecule has 1 N–H and O–H groups in total. The molecule has 0 unspecified atom stereocenters. The third kappa shape index (κ3) is 4.04. The Labute approximate surface area is 181 Å². The van der Waals surface area contributed by atoms with Crippen LogP contribution in [0.4, 0.5) is 13.9 Å². The van der Waals surface area contributed by atoms with Gasteiger partial charge in [0, 0.05) is 20.5 Å². The molecule has 3 heterocycles. The zero-order valence-corrected chi connectivity index (χ0v) is 18.2. The summed E-state index contributed by atoms with van der Waals surface area (Å²) < 4.78 is 28.6. The fraction of sp³-hybridized carbons (Fsp3) is 0.429. The van der Waals surface area contributed by atoms with Gasteiger partial charge in [-0.15, -0.1) is 0 Å². The summed E-state index contributed by atoms with van der Waals surface area (Å²) in [6, 6.07) is 9.06. The van der Waals surface area contributed by atoms with Crippen molar-refractivity contribution in [1.82, 2.24) is 19.9 Å². The Morgan fingerprint density at radius 3 is 2.68 bits per heavy atom.